The monoisotopic (exact) mass is 380 g/mol. The molecule has 0 aliphatic rings. The molecule has 0 heterocycles. The van der Waals surface area contributed by atoms with Crippen LogP contribution in [-0.4, -0.2) is 27.2 Å². The lowest BCUT2D eigenvalue weighted by Gasteiger charge is -2.20. The maximum atomic E-state index is 12.6. The molecule has 0 fully saturated rings. The van der Waals surface area contributed by atoms with Crippen molar-refractivity contribution in [1.82, 2.24) is 0 Å². The maximum absolute atomic E-state index is 12.6. The molecule has 0 aromatic heterocycles. The van der Waals surface area contributed by atoms with E-state index in [9.17, 15) is 4.79 Å². The smallest absolute Gasteiger partial charge is 0.229 e. The van der Waals surface area contributed by atoms with E-state index in [1.54, 1.807) is 19.1 Å². The van der Waals surface area contributed by atoms with Gasteiger partial charge in [-0.3, -0.25) is 4.79 Å². The predicted molar refractivity (Wildman–Crippen MR) is 105 cm³/mol. The zero-order valence-corrected chi connectivity index (χ0v) is 16.1. The van der Waals surface area contributed by atoms with Crippen LogP contribution in [0, 0.1) is 5.92 Å². The number of benzene rings is 2. The Bertz CT molecular complexity index is 700. The summed E-state index contributed by atoms with van der Waals surface area (Å²) < 4.78 is 15.9. The van der Waals surface area contributed by atoms with Gasteiger partial charge >= 0.3 is 0 Å². The Morgan fingerprint density at radius 3 is 2.00 bits per heavy atom. The third-order valence-electron chi connectivity index (χ3n) is 4.07. The van der Waals surface area contributed by atoms with Crippen molar-refractivity contribution in [2.24, 2.45) is 11.7 Å². The van der Waals surface area contributed by atoms with Gasteiger partial charge in [-0.15, -0.1) is 12.4 Å². The van der Waals surface area contributed by atoms with Gasteiger partial charge in [0.25, 0.3) is 0 Å². The Morgan fingerprint density at radius 1 is 1.00 bits per heavy atom. The Hall–Kier alpha value is -2.44. The van der Waals surface area contributed by atoms with E-state index in [-0.39, 0.29) is 18.3 Å². The van der Waals surface area contributed by atoms with Crippen LogP contribution >= 0.6 is 12.4 Å². The molecule has 0 bridgehead atoms. The molecule has 1 amide bonds. The van der Waals surface area contributed by atoms with Gasteiger partial charge in [0.05, 0.1) is 27.2 Å². The van der Waals surface area contributed by atoms with Gasteiger partial charge in [0, 0.05) is 23.9 Å². The van der Waals surface area contributed by atoms with Crippen LogP contribution in [-0.2, 0) is 4.79 Å². The standard InChI is InChI=1S/C19H24N2O4.ClH/c1-12(17(20)13-8-6-5-7-9-13)19(22)21-14-10-15(23-2)18(25-4)16(11-14)24-3;/h5-12,17H,20H2,1-4H3,(H,21,22);1H. The molecule has 0 radical (unpaired) electrons. The van der Waals surface area contributed by atoms with E-state index in [1.807, 2.05) is 30.3 Å². The first-order valence-electron chi connectivity index (χ1n) is 7.93. The molecule has 0 saturated heterocycles. The third kappa shape index (κ3) is 4.80. The Kier molecular flexibility index (Phi) is 8.22. The van der Waals surface area contributed by atoms with Crippen LogP contribution in [0.25, 0.3) is 0 Å². The number of rotatable bonds is 7. The fourth-order valence-corrected chi connectivity index (χ4v) is 2.54. The lowest BCUT2D eigenvalue weighted by molar-refractivity contribution is -0.120. The summed E-state index contributed by atoms with van der Waals surface area (Å²) >= 11 is 0. The van der Waals surface area contributed by atoms with Crippen LogP contribution < -0.4 is 25.3 Å². The highest BCUT2D eigenvalue weighted by molar-refractivity contribution is 5.93. The second-order valence-electron chi connectivity index (χ2n) is 5.63. The van der Waals surface area contributed by atoms with Gasteiger partial charge in [0.15, 0.2) is 11.5 Å². The quantitative estimate of drug-likeness (QED) is 0.769. The molecule has 2 atom stereocenters. The van der Waals surface area contributed by atoms with E-state index in [4.69, 9.17) is 19.9 Å². The molecule has 26 heavy (non-hydrogen) atoms. The Labute approximate surface area is 160 Å². The minimum atomic E-state index is -0.415. The van der Waals surface area contributed by atoms with E-state index in [2.05, 4.69) is 5.32 Å². The summed E-state index contributed by atoms with van der Waals surface area (Å²) in [5.41, 5.74) is 7.68. The van der Waals surface area contributed by atoms with Gasteiger partial charge in [0.1, 0.15) is 0 Å². The first-order valence-corrected chi connectivity index (χ1v) is 7.93. The fourth-order valence-electron chi connectivity index (χ4n) is 2.54. The maximum Gasteiger partial charge on any atom is 0.229 e. The summed E-state index contributed by atoms with van der Waals surface area (Å²) in [6, 6.07) is 12.5. The van der Waals surface area contributed by atoms with Crippen molar-refractivity contribution in [3.05, 3.63) is 48.0 Å². The predicted octanol–water partition coefficient (Wildman–Crippen LogP) is 3.41. The fraction of sp³-hybridized carbons (Fsp3) is 0.316. The van der Waals surface area contributed by atoms with Crippen LogP contribution in [0.5, 0.6) is 17.2 Å². The molecule has 142 valence electrons. The molecular formula is C19H25ClN2O4. The molecule has 3 N–H and O–H groups in total. The van der Waals surface area contributed by atoms with Crippen molar-refractivity contribution >= 4 is 24.0 Å². The highest BCUT2D eigenvalue weighted by Gasteiger charge is 2.23. The largest absolute Gasteiger partial charge is 0.493 e. The summed E-state index contributed by atoms with van der Waals surface area (Å²) in [7, 11) is 4.58. The average Bonchev–Trinajstić information content (AvgIpc) is 2.66. The van der Waals surface area contributed by atoms with Gasteiger partial charge in [-0.1, -0.05) is 37.3 Å². The normalized spacial score (nSPS) is 12.3. The summed E-state index contributed by atoms with van der Waals surface area (Å²) in [5.74, 6) is 0.804. The number of carbonyl (C=O) groups is 1. The van der Waals surface area contributed by atoms with Gasteiger partial charge in [-0.05, 0) is 5.56 Å². The number of nitrogens with two attached hydrogens (primary N) is 1. The van der Waals surface area contributed by atoms with Gasteiger partial charge in [-0.25, -0.2) is 0 Å². The van der Waals surface area contributed by atoms with E-state index in [0.29, 0.717) is 22.9 Å². The molecule has 0 saturated carbocycles. The second kappa shape index (κ2) is 9.89. The number of methoxy groups -OCH3 is 3. The first kappa shape index (κ1) is 21.6. The number of hydrogen-bond donors (Lipinski definition) is 2. The van der Waals surface area contributed by atoms with Crippen LogP contribution in [0.2, 0.25) is 0 Å². The molecule has 2 rings (SSSR count). The van der Waals surface area contributed by atoms with Gasteiger partial charge in [0.2, 0.25) is 11.7 Å². The number of nitrogens with one attached hydrogen (secondary N) is 1. The minimum absolute atomic E-state index is 0. The molecule has 2 unspecified atom stereocenters. The van der Waals surface area contributed by atoms with Gasteiger partial charge in [-0.2, -0.15) is 0 Å². The van der Waals surface area contributed by atoms with Crippen LogP contribution in [0.4, 0.5) is 5.69 Å². The topological polar surface area (TPSA) is 82.8 Å². The van der Waals surface area contributed by atoms with Crippen molar-refractivity contribution in [3.63, 3.8) is 0 Å². The highest BCUT2D eigenvalue weighted by atomic mass is 35.5. The second-order valence-corrected chi connectivity index (χ2v) is 5.63. The zero-order chi connectivity index (χ0) is 18.4. The third-order valence-corrected chi connectivity index (χ3v) is 4.07. The summed E-state index contributed by atoms with van der Waals surface area (Å²) in [4.78, 5) is 12.6. The van der Waals surface area contributed by atoms with E-state index < -0.39 is 12.0 Å². The molecule has 2 aromatic rings. The molecule has 6 nitrogen and oxygen atoms in total. The average molecular weight is 381 g/mol. The van der Waals surface area contributed by atoms with E-state index in [1.165, 1.54) is 21.3 Å². The number of halogens is 1. The summed E-state index contributed by atoms with van der Waals surface area (Å²) in [6.45, 7) is 1.80. The minimum Gasteiger partial charge on any atom is -0.493 e. The van der Waals surface area contributed by atoms with Crippen LogP contribution in [0.1, 0.15) is 18.5 Å². The Morgan fingerprint density at radius 2 is 1.54 bits per heavy atom. The number of hydrogen-bond acceptors (Lipinski definition) is 5. The lowest BCUT2D eigenvalue weighted by atomic mass is 9.94. The number of ether oxygens (including phenoxy) is 3. The highest BCUT2D eigenvalue weighted by Crippen LogP contribution is 2.40. The molecule has 0 aliphatic heterocycles. The number of anilines is 1. The van der Waals surface area contributed by atoms with Crippen LogP contribution in [0.15, 0.2) is 42.5 Å². The molecule has 2 aromatic carbocycles. The summed E-state index contributed by atoms with van der Waals surface area (Å²) in [6.07, 6.45) is 0. The van der Waals surface area contributed by atoms with Crippen molar-refractivity contribution in [3.8, 4) is 17.2 Å². The lowest BCUT2D eigenvalue weighted by Crippen LogP contribution is -2.30. The SMILES string of the molecule is COc1cc(NC(=O)C(C)C(N)c2ccccc2)cc(OC)c1OC.Cl. The van der Waals surface area contributed by atoms with E-state index >= 15 is 0 Å². The first-order chi connectivity index (χ1) is 12.0. The van der Waals surface area contributed by atoms with Crippen molar-refractivity contribution in [1.29, 1.82) is 0 Å². The van der Waals surface area contributed by atoms with Crippen molar-refractivity contribution < 1.29 is 19.0 Å². The van der Waals surface area contributed by atoms with Gasteiger partial charge < -0.3 is 25.3 Å². The van der Waals surface area contributed by atoms with Crippen molar-refractivity contribution in [2.75, 3.05) is 26.6 Å². The van der Waals surface area contributed by atoms with Crippen LogP contribution in [0.3, 0.4) is 0 Å². The molecule has 0 aliphatic carbocycles. The molecular weight excluding hydrogens is 356 g/mol. The molecule has 7 heteroatoms. The number of carbonyl (C=O) groups excluding carboxylic acids is 1. The van der Waals surface area contributed by atoms with Crippen molar-refractivity contribution in [2.45, 2.75) is 13.0 Å². The zero-order valence-electron chi connectivity index (χ0n) is 15.3. The summed E-state index contributed by atoms with van der Waals surface area (Å²) in [5, 5.41) is 2.86. The van der Waals surface area contributed by atoms with E-state index in [0.717, 1.165) is 5.56 Å². The number of amides is 1. The molecule has 0 spiro atoms. The Balaban J connectivity index is 0.00000338.